The number of alkyl halides is 3. The summed E-state index contributed by atoms with van der Waals surface area (Å²) >= 11 is 0. The molecule has 0 aromatic carbocycles. The summed E-state index contributed by atoms with van der Waals surface area (Å²) in [5.41, 5.74) is 2.64. The highest BCUT2D eigenvalue weighted by Crippen LogP contribution is 2.28. The Morgan fingerprint density at radius 2 is 2.00 bits per heavy atom. The summed E-state index contributed by atoms with van der Waals surface area (Å²) in [7, 11) is 0. The molecule has 0 spiro atoms. The van der Waals surface area contributed by atoms with Gasteiger partial charge in [-0.2, -0.15) is 17.6 Å². The molecule has 4 nitrogen and oxygen atoms in total. The van der Waals surface area contributed by atoms with Gasteiger partial charge >= 0.3 is 6.18 Å². The first-order chi connectivity index (χ1) is 10.8. The third-order valence-corrected chi connectivity index (χ3v) is 3.82. The topological polar surface area (TPSA) is 41.9 Å². The van der Waals surface area contributed by atoms with Crippen molar-refractivity contribution in [2.45, 2.75) is 32.6 Å². The van der Waals surface area contributed by atoms with Crippen LogP contribution in [0.3, 0.4) is 0 Å². The van der Waals surface area contributed by atoms with Crippen LogP contribution in [-0.2, 0) is 25.7 Å². The predicted octanol–water partition coefficient (Wildman–Crippen LogP) is 2.90. The lowest BCUT2D eigenvalue weighted by molar-refractivity contribution is -0.145. The molecule has 0 saturated carbocycles. The highest BCUT2D eigenvalue weighted by atomic mass is 19.4. The zero-order chi connectivity index (χ0) is 16.6. The van der Waals surface area contributed by atoms with Crippen molar-refractivity contribution in [3.63, 3.8) is 0 Å². The normalized spacial score (nSPS) is 15.5. The molecule has 0 amide bonds. The molecule has 0 fully saturated rings. The van der Waals surface area contributed by atoms with Crippen LogP contribution < -0.4 is 0 Å². The van der Waals surface area contributed by atoms with Gasteiger partial charge in [0.2, 0.25) is 11.8 Å². The lowest BCUT2D eigenvalue weighted by Crippen LogP contribution is -2.32. The van der Waals surface area contributed by atoms with E-state index in [1.807, 2.05) is 0 Å². The number of aryl methyl sites for hydroxylation is 1. The Bertz CT molecular complexity index is 730. The fourth-order valence-electron chi connectivity index (χ4n) is 2.61. The monoisotopic (exact) mass is 326 g/mol. The summed E-state index contributed by atoms with van der Waals surface area (Å²) in [4.78, 5) is 12.9. The van der Waals surface area contributed by atoms with Gasteiger partial charge in [-0.15, -0.1) is 0 Å². The zero-order valence-corrected chi connectivity index (χ0v) is 12.4. The third-order valence-electron chi connectivity index (χ3n) is 3.82. The maximum atomic E-state index is 13.0. The van der Waals surface area contributed by atoms with Gasteiger partial charge < -0.3 is 0 Å². The van der Waals surface area contributed by atoms with Crippen molar-refractivity contribution in [3.05, 3.63) is 52.6 Å². The number of hydrogen-bond donors (Lipinski definition) is 0. The van der Waals surface area contributed by atoms with E-state index >= 15 is 0 Å². The van der Waals surface area contributed by atoms with Crippen LogP contribution in [0, 0.1) is 12.9 Å². The molecule has 0 aliphatic carbocycles. The van der Waals surface area contributed by atoms with Gasteiger partial charge in [0.1, 0.15) is 0 Å². The van der Waals surface area contributed by atoms with E-state index in [1.165, 1.54) is 12.3 Å². The van der Waals surface area contributed by atoms with E-state index in [9.17, 15) is 17.6 Å². The molecule has 0 unspecified atom stereocenters. The van der Waals surface area contributed by atoms with Gasteiger partial charge in [0.15, 0.2) is 0 Å². The third kappa shape index (κ3) is 3.47. The second-order valence-electron chi connectivity index (χ2n) is 5.50. The molecule has 122 valence electrons. The maximum Gasteiger partial charge on any atom is 0.451 e. The summed E-state index contributed by atoms with van der Waals surface area (Å²) in [6.07, 6.45) is -2.86. The molecule has 8 heteroatoms. The minimum atomic E-state index is -4.52. The predicted molar refractivity (Wildman–Crippen MR) is 73.8 cm³/mol. The van der Waals surface area contributed by atoms with E-state index in [2.05, 4.69) is 19.9 Å². The van der Waals surface area contributed by atoms with Gasteiger partial charge in [-0.05, 0) is 18.6 Å². The number of halogens is 4. The second-order valence-corrected chi connectivity index (χ2v) is 5.50. The Kier molecular flexibility index (Phi) is 4.01. The fourth-order valence-corrected chi connectivity index (χ4v) is 2.61. The quantitative estimate of drug-likeness (QED) is 0.629. The van der Waals surface area contributed by atoms with Crippen LogP contribution >= 0.6 is 0 Å². The van der Waals surface area contributed by atoms with Crippen molar-refractivity contribution in [2.75, 3.05) is 6.54 Å². The van der Waals surface area contributed by atoms with E-state index in [1.54, 1.807) is 13.0 Å². The molecule has 3 heterocycles. The number of hydrogen-bond acceptors (Lipinski definition) is 4. The van der Waals surface area contributed by atoms with Crippen LogP contribution in [0.15, 0.2) is 18.3 Å². The van der Waals surface area contributed by atoms with Crippen molar-refractivity contribution in [3.8, 4) is 0 Å². The van der Waals surface area contributed by atoms with Crippen LogP contribution in [0.25, 0.3) is 0 Å². The summed E-state index contributed by atoms with van der Waals surface area (Å²) in [5.74, 6) is -1.62. The second kappa shape index (κ2) is 5.84. The van der Waals surface area contributed by atoms with Crippen LogP contribution in [0.4, 0.5) is 17.6 Å². The number of fused-ring (bicyclic) bond motifs is 1. The first kappa shape index (κ1) is 15.8. The molecule has 0 radical (unpaired) electrons. The average Bonchev–Trinajstić information content (AvgIpc) is 2.48. The molecule has 1 aliphatic heterocycles. The zero-order valence-electron chi connectivity index (χ0n) is 12.4. The Hall–Kier alpha value is -2.09. The number of rotatable bonds is 2. The first-order valence-corrected chi connectivity index (χ1v) is 7.09. The maximum absolute atomic E-state index is 13.0. The average molecular weight is 326 g/mol. The molecule has 0 bridgehead atoms. The molecule has 23 heavy (non-hydrogen) atoms. The Labute approximate surface area is 130 Å². The molecule has 0 saturated heterocycles. The van der Waals surface area contributed by atoms with Crippen molar-refractivity contribution in [1.29, 1.82) is 0 Å². The van der Waals surface area contributed by atoms with Gasteiger partial charge in [-0.1, -0.05) is 6.07 Å². The molecular weight excluding hydrogens is 312 g/mol. The van der Waals surface area contributed by atoms with Crippen molar-refractivity contribution >= 4 is 0 Å². The van der Waals surface area contributed by atoms with Gasteiger partial charge in [0.25, 0.3) is 0 Å². The largest absolute Gasteiger partial charge is 0.451 e. The molecule has 0 atom stereocenters. The minimum absolute atomic E-state index is 0.425. The van der Waals surface area contributed by atoms with Crippen molar-refractivity contribution in [2.24, 2.45) is 0 Å². The number of pyridine rings is 1. The van der Waals surface area contributed by atoms with Gasteiger partial charge in [-0.25, -0.2) is 15.0 Å². The van der Waals surface area contributed by atoms with Crippen molar-refractivity contribution in [1.82, 2.24) is 19.9 Å². The molecule has 2 aromatic heterocycles. The lowest BCUT2D eigenvalue weighted by atomic mass is 10.1. The highest BCUT2D eigenvalue weighted by Gasteiger charge is 2.35. The SMILES string of the molecule is Cc1nc(F)ccc1CN1CCc2nc(C(F)(F)F)ncc2C1. The standard InChI is InChI=1S/C15H14F4N4/c1-9-10(2-3-13(16)21-9)7-23-5-4-12-11(8-23)6-20-14(22-12)15(17,18)19/h2-3,6H,4-5,7-8H2,1H3. The lowest BCUT2D eigenvalue weighted by Gasteiger charge is -2.28. The summed E-state index contributed by atoms with van der Waals surface area (Å²) in [6.45, 7) is 3.33. The molecule has 2 aromatic rings. The number of nitrogens with zero attached hydrogens (tertiary/aromatic N) is 4. The van der Waals surface area contributed by atoms with Crippen LogP contribution in [0.5, 0.6) is 0 Å². The molecular formula is C15H14F4N4. The van der Waals surface area contributed by atoms with Gasteiger partial charge in [-0.3, -0.25) is 4.90 Å². The Morgan fingerprint density at radius 1 is 1.22 bits per heavy atom. The van der Waals surface area contributed by atoms with E-state index in [4.69, 9.17) is 0 Å². The van der Waals surface area contributed by atoms with Gasteiger partial charge in [0, 0.05) is 43.5 Å². The molecule has 1 aliphatic rings. The first-order valence-electron chi connectivity index (χ1n) is 7.09. The summed E-state index contributed by atoms with van der Waals surface area (Å²) in [5, 5.41) is 0. The molecule has 3 rings (SSSR count). The number of aromatic nitrogens is 3. The van der Waals surface area contributed by atoms with E-state index in [0.29, 0.717) is 43.0 Å². The van der Waals surface area contributed by atoms with Crippen molar-refractivity contribution < 1.29 is 17.6 Å². The van der Waals surface area contributed by atoms with E-state index in [-0.39, 0.29) is 0 Å². The molecule has 0 N–H and O–H groups in total. The Morgan fingerprint density at radius 3 is 2.70 bits per heavy atom. The summed E-state index contributed by atoms with van der Waals surface area (Å²) < 4.78 is 50.9. The Balaban J connectivity index is 1.75. The smallest absolute Gasteiger partial charge is 0.294 e. The van der Waals surface area contributed by atoms with Gasteiger partial charge in [0.05, 0.1) is 5.69 Å². The summed E-state index contributed by atoms with van der Waals surface area (Å²) in [6, 6.07) is 2.98. The highest BCUT2D eigenvalue weighted by molar-refractivity contribution is 5.23. The van der Waals surface area contributed by atoms with E-state index < -0.39 is 17.9 Å². The fraction of sp³-hybridized carbons (Fsp3) is 0.400. The van der Waals surface area contributed by atoms with Crippen LogP contribution in [-0.4, -0.2) is 26.4 Å². The minimum Gasteiger partial charge on any atom is -0.294 e. The van der Waals surface area contributed by atoms with E-state index in [0.717, 1.165) is 5.56 Å². The van der Waals surface area contributed by atoms with Crippen LogP contribution in [0.1, 0.15) is 28.3 Å². The van der Waals surface area contributed by atoms with Crippen LogP contribution in [0.2, 0.25) is 0 Å².